The maximum atomic E-state index is 10.2. The summed E-state index contributed by atoms with van der Waals surface area (Å²) in [6, 6.07) is 0. The summed E-state index contributed by atoms with van der Waals surface area (Å²) in [5, 5.41) is 13.4. The Morgan fingerprint density at radius 1 is 1.67 bits per heavy atom. The summed E-state index contributed by atoms with van der Waals surface area (Å²) in [6.07, 6.45) is 2.57. The summed E-state index contributed by atoms with van der Waals surface area (Å²) < 4.78 is 5.86. The number of nitrogens with zero attached hydrogens (tertiary/aromatic N) is 2. The summed E-state index contributed by atoms with van der Waals surface area (Å²) in [6.45, 7) is 5.48. The van der Waals surface area contributed by atoms with Gasteiger partial charge in [0.15, 0.2) is 0 Å². The molecule has 2 aliphatic rings. The van der Waals surface area contributed by atoms with E-state index in [1.807, 2.05) is 6.92 Å². The van der Waals surface area contributed by atoms with Gasteiger partial charge in [0.2, 0.25) is 0 Å². The van der Waals surface area contributed by atoms with E-state index in [0.29, 0.717) is 0 Å². The van der Waals surface area contributed by atoms with Crippen molar-refractivity contribution in [2.24, 2.45) is 0 Å². The quantitative estimate of drug-likeness (QED) is 0.884. The van der Waals surface area contributed by atoms with Crippen LogP contribution in [0.3, 0.4) is 0 Å². The lowest BCUT2D eigenvalue weighted by atomic mass is 9.87. The molecule has 100 valence electrons. The lowest BCUT2D eigenvalue weighted by Gasteiger charge is -2.43. The van der Waals surface area contributed by atoms with Gasteiger partial charge in [-0.05, 0) is 26.2 Å². The minimum Gasteiger partial charge on any atom is -0.390 e. The van der Waals surface area contributed by atoms with Crippen LogP contribution in [0.4, 0.5) is 0 Å². The lowest BCUT2D eigenvalue weighted by molar-refractivity contribution is -0.132. The van der Waals surface area contributed by atoms with E-state index in [2.05, 4.69) is 15.3 Å². The summed E-state index contributed by atoms with van der Waals surface area (Å²) in [5.74, 6) is 0. The molecule has 0 bridgehead atoms. The number of aliphatic hydroxyl groups is 1. The Kier molecular flexibility index (Phi) is 3.40. The number of thiazole rings is 1. The number of piperidine rings is 1. The molecule has 1 N–H and O–H groups in total. The molecule has 0 radical (unpaired) electrons. The molecule has 5 heteroatoms. The maximum Gasteiger partial charge on any atom is 0.107 e. The van der Waals surface area contributed by atoms with E-state index >= 15 is 0 Å². The molecular weight excluding hydrogens is 248 g/mol. The molecule has 4 nitrogen and oxygen atoms in total. The van der Waals surface area contributed by atoms with Gasteiger partial charge in [0.1, 0.15) is 5.60 Å². The number of rotatable bonds is 2. The molecule has 2 aliphatic heterocycles. The highest BCUT2D eigenvalue weighted by molar-refractivity contribution is 7.09. The van der Waals surface area contributed by atoms with Crippen LogP contribution in [0, 0.1) is 6.92 Å². The van der Waals surface area contributed by atoms with Crippen LogP contribution in [0.5, 0.6) is 0 Å². The third kappa shape index (κ3) is 2.32. The first-order valence-electron chi connectivity index (χ1n) is 6.63. The number of aryl methyl sites for hydroxylation is 1. The molecule has 0 saturated carbocycles. The number of aromatic nitrogens is 1. The second-order valence-corrected chi connectivity index (χ2v) is 6.45. The van der Waals surface area contributed by atoms with Gasteiger partial charge in [-0.2, -0.15) is 0 Å². The molecule has 3 rings (SSSR count). The maximum absolute atomic E-state index is 10.2. The molecular formula is C13H20N2O2S. The van der Waals surface area contributed by atoms with Crippen LogP contribution in [0.25, 0.3) is 0 Å². The molecule has 18 heavy (non-hydrogen) atoms. The van der Waals surface area contributed by atoms with Crippen molar-refractivity contribution in [1.82, 2.24) is 9.88 Å². The predicted molar refractivity (Wildman–Crippen MR) is 70.7 cm³/mol. The Bertz CT molecular complexity index is 415. The average Bonchev–Trinajstić information content (AvgIpc) is 2.95. The zero-order valence-electron chi connectivity index (χ0n) is 10.8. The largest absolute Gasteiger partial charge is 0.390 e. The van der Waals surface area contributed by atoms with Gasteiger partial charge in [-0.25, -0.2) is 4.98 Å². The SMILES string of the molecule is Cc1nc(CN2CC[C@H](O)[C@]3(CCCO3)C2)cs1. The van der Waals surface area contributed by atoms with Crippen LogP contribution < -0.4 is 0 Å². The smallest absolute Gasteiger partial charge is 0.107 e. The van der Waals surface area contributed by atoms with Gasteiger partial charge >= 0.3 is 0 Å². The molecule has 2 atom stereocenters. The molecule has 2 saturated heterocycles. The zero-order chi connectivity index (χ0) is 12.6. The Morgan fingerprint density at radius 2 is 2.56 bits per heavy atom. The molecule has 1 spiro atoms. The third-order valence-corrected chi connectivity index (χ3v) is 4.83. The monoisotopic (exact) mass is 268 g/mol. The fourth-order valence-corrected chi connectivity index (χ4v) is 3.69. The predicted octanol–water partition coefficient (Wildman–Crippen LogP) is 1.57. The van der Waals surface area contributed by atoms with Gasteiger partial charge in [0, 0.05) is 31.6 Å². The van der Waals surface area contributed by atoms with Gasteiger partial charge < -0.3 is 9.84 Å². The fourth-order valence-electron chi connectivity index (χ4n) is 3.08. The number of likely N-dealkylation sites (tertiary alicyclic amines) is 1. The summed E-state index contributed by atoms with van der Waals surface area (Å²) in [7, 11) is 0. The van der Waals surface area contributed by atoms with Crippen LogP contribution in [0.15, 0.2) is 5.38 Å². The number of hydrogen-bond acceptors (Lipinski definition) is 5. The van der Waals surface area contributed by atoms with Crippen molar-refractivity contribution >= 4 is 11.3 Å². The minimum atomic E-state index is -0.302. The van der Waals surface area contributed by atoms with Crippen molar-refractivity contribution in [2.45, 2.75) is 44.4 Å². The van der Waals surface area contributed by atoms with E-state index in [9.17, 15) is 5.11 Å². The van der Waals surface area contributed by atoms with Gasteiger partial charge in [-0.15, -0.1) is 11.3 Å². The second kappa shape index (κ2) is 4.89. The van der Waals surface area contributed by atoms with E-state index in [-0.39, 0.29) is 11.7 Å². The highest BCUT2D eigenvalue weighted by atomic mass is 32.1. The van der Waals surface area contributed by atoms with Gasteiger partial charge in [-0.3, -0.25) is 4.90 Å². The van der Waals surface area contributed by atoms with E-state index in [4.69, 9.17) is 4.74 Å². The Hall–Kier alpha value is -0.490. The van der Waals surface area contributed by atoms with Crippen molar-refractivity contribution in [2.75, 3.05) is 19.7 Å². The van der Waals surface area contributed by atoms with E-state index in [1.54, 1.807) is 11.3 Å². The van der Waals surface area contributed by atoms with Crippen LogP contribution in [0.2, 0.25) is 0 Å². The number of aliphatic hydroxyl groups excluding tert-OH is 1. The van der Waals surface area contributed by atoms with Crippen LogP contribution in [0.1, 0.15) is 30.0 Å². The van der Waals surface area contributed by atoms with E-state index < -0.39 is 0 Å². The van der Waals surface area contributed by atoms with Crippen molar-refractivity contribution in [3.63, 3.8) is 0 Å². The van der Waals surface area contributed by atoms with Crippen molar-refractivity contribution in [1.29, 1.82) is 0 Å². The topological polar surface area (TPSA) is 45.6 Å². The van der Waals surface area contributed by atoms with Crippen LogP contribution >= 0.6 is 11.3 Å². The van der Waals surface area contributed by atoms with Crippen molar-refractivity contribution < 1.29 is 9.84 Å². The van der Waals surface area contributed by atoms with Crippen molar-refractivity contribution in [3.8, 4) is 0 Å². The molecule has 0 aromatic carbocycles. The first kappa shape index (κ1) is 12.5. The average molecular weight is 268 g/mol. The van der Waals surface area contributed by atoms with Crippen LogP contribution in [-0.4, -0.2) is 46.4 Å². The summed E-state index contributed by atoms with van der Waals surface area (Å²) in [5.41, 5.74) is 0.839. The van der Waals surface area contributed by atoms with Gasteiger partial charge in [-0.1, -0.05) is 0 Å². The standard InChI is InChI=1S/C13H20N2O2S/c1-10-14-11(8-18-10)7-15-5-3-12(16)13(9-15)4-2-6-17-13/h8,12,16H,2-7,9H2,1H3/t12-,13-/m0/s1. The third-order valence-electron chi connectivity index (χ3n) is 4.00. The summed E-state index contributed by atoms with van der Waals surface area (Å²) >= 11 is 1.70. The Morgan fingerprint density at radius 3 is 3.22 bits per heavy atom. The molecule has 0 unspecified atom stereocenters. The molecule has 0 amide bonds. The minimum absolute atomic E-state index is 0.298. The molecule has 0 aliphatic carbocycles. The first-order valence-corrected chi connectivity index (χ1v) is 7.51. The van der Waals surface area contributed by atoms with Gasteiger partial charge in [0.25, 0.3) is 0 Å². The normalized spacial score (nSPS) is 33.3. The molecule has 2 fully saturated rings. The highest BCUT2D eigenvalue weighted by Crippen LogP contribution is 2.35. The lowest BCUT2D eigenvalue weighted by Crippen LogP contribution is -2.56. The molecule has 1 aromatic heterocycles. The molecule has 3 heterocycles. The highest BCUT2D eigenvalue weighted by Gasteiger charge is 2.45. The van der Waals surface area contributed by atoms with Gasteiger partial charge in [0.05, 0.1) is 16.8 Å². The summed E-state index contributed by atoms with van der Waals surface area (Å²) in [4.78, 5) is 6.88. The fraction of sp³-hybridized carbons (Fsp3) is 0.769. The van der Waals surface area contributed by atoms with Crippen molar-refractivity contribution in [3.05, 3.63) is 16.1 Å². The second-order valence-electron chi connectivity index (χ2n) is 5.39. The number of hydrogen-bond donors (Lipinski definition) is 1. The first-order chi connectivity index (χ1) is 8.68. The number of ether oxygens (including phenoxy) is 1. The Labute approximate surface area is 112 Å². The Balaban J connectivity index is 1.67. The van der Waals surface area contributed by atoms with E-state index in [0.717, 1.165) is 56.2 Å². The zero-order valence-corrected chi connectivity index (χ0v) is 11.6. The van der Waals surface area contributed by atoms with Crippen LogP contribution in [-0.2, 0) is 11.3 Å². The molecule has 1 aromatic rings. The van der Waals surface area contributed by atoms with E-state index in [1.165, 1.54) is 0 Å².